The topological polar surface area (TPSA) is 117 Å². The van der Waals surface area contributed by atoms with E-state index in [9.17, 15) is 14.4 Å². The van der Waals surface area contributed by atoms with Crippen molar-refractivity contribution in [1.82, 2.24) is 15.1 Å². The lowest BCUT2D eigenvalue weighted by Crippen LogP contribution is -2.31. The van der Waals surface area contributed by atoms with Crippen LogP contribution in [0.1, 0.15) is 34.8 Å². The summed E-state index contributed by atoms with van der Waals surface area (Å²) >= 11 is 0. The number of hydrogen-bond donors (Lipinski definition) is 2. The molecule has 3 aromatic carbocycles. The molecule has 0 radical (unpaired) electrons. The first kappa shape index (κ1) is 28.4. The van der Waals surface area contributed by atoms with Gasteiger partial charge in [-0.25, -0.2) is 4.79 Å². The molecule has 5 rings (SSSR count). The van der Waals surface area contributed by atoms with E-state index in [1.54, 1.807) is 42.4 Å². The SMILES string of the molecule is COC(=O)c1ccc2c(c1)NC(=O)/C2=C(\Nc1ccc(N(CCCN(C)C)C(C)=O)cc1)c1ccc2cnncc2c1. The van der Waals surface area contributed by atoms with Crippen LogP contribution in [0.2, 0.25) is 0 Å². The van der Waals surface area contributed by atoms with Crippen molar-refractivity contribution in [2.75, 3.05) is 49.8 Å². The summed E-state index contributed by atoms with van der Waals surface area (Å²) < 4.78 is 4.85. The van der Waals surface area contributed by atoms with Gasteiger partial charge in [-0.3, -0.25) is 9.59 Å². The molecule has 2 amide bonds. The van der Waals surface area contributed by atoms with Crippen molar-refractivity contribution in [1.29, 1.82) is 0 Å². The van der Waals surface area contributed by atoms with E-state index in [1.165, 1.54) is 7.11 Å². The van der Waals surface area contributed by atoms with Crippen LogP contribution in [-0.2, 0) is 14.3 Å². The molecule has 0 saturated carbocycles. The van der Waals surface area contributed by atoms with Gasteiger partial charge in [-0.2, -0.15) is 10.2 Å². The molecule has 0 aliphatic carbocycles. The van der Waals surface area contributed by atoms with E-state index in [2.05, 4.69) is 25.7 Å². The standard InChI is InChI=1S/C32H32N6O4/c1-20(39)38(15-5-14-37(2)3)26-11-9-25(10-12-26)35-30(21-6-7-23-18-33-34-19-24(23)16-21)29-27-13-8-22(32(41)42-4)17-28(27)36-31(29)40/h6-13,16-19,35H,5,14-15H2,1-4H3,(H,36,40)/b30-29-. The second-order valence-electron chi connectivity index (χ2n) is 10.3. The molecule has 0 bridgehead atoms. The normalized spacial score (nSPS) is 13.5. The van der Waals surface area contributed by atoms with Crippen LogP contribution in [0, 0.1) is 0 Å². The first-order valence-corrected chi connectivity index (χ1v) is 13.5. The molecule has 0 atom stereocenters. The number of esters is 1. The van der Waals surface area contributed by atoms with Gasteiger partial charge in [0.05, 0.1) is 42.0 Å². The third-order valence-corrected chi connectivity index (χ3v) is 7.09. The van der Waals surface area contributed by atoms with Gasteiger partial charge in [0.1, 0.15) is 0 Å². The third kappa shape index (κ3) is 5.98. The molecule has 0 saturated heterocycles. The number of hydrogen-bond acceptors (Lipinski definition) is 8. The summed E-state index contributed by atoms with van der Waals surface area (Å²) in [7, 11) is 5.33. The minimum Gasteiger partial charge on any atom is -0.465 e. The minimum atomic E-state index is -0.486. The number of aromatic nitrogens is 2. The molecule has 0 fully saturated rings. The lowest BCUT2D eigenvalue weighted by Gasteiger charge is -2.23. The maximum absolute atomic E-state index is 13.4. The predicted octanol–water partition coefficient (Wildman–Crippen LogP) is 4.65. The molecule has 1 aliphatic heterocycles. The number of anilines is 3. The van der Waals surface area contributed by atoms with Crippen molar-refractivity contribution in [3.05, 3.63) is 89.7 Å². The zero-order valence-corrected chi connectivity index (χ0v) is 24.0. The van der Waals surface area contributed by atoms with Crippen molar-refractivity contribution in [3.63, 3.8) is 0 Å². The van der Waals surface area contributed by atoms with Gasteiger partial charge < -0.3 is 25.2 Å². The van der Waals surface area contributed by atoms with Crippen molar-refractivity contribution in [2.45, 2.75) is 13.3 Å². The number of benzene rings is 3. The van der Waals surface area contributed by atoms with Gasteiger partial charge in [0.15, 0.2) is 0 Å². The molecule has 1 aliphatic rings. The Hall–Kier alpha value is -5.09. The monoisotopic (exact) mass is 564 g/mol. The molecular formula is C32H32N6O4. The highest BCUT2D eigenvalue weighted by Crippen LogP contribution is 2.39. The average molecular weight is 565 g/mol. The first-order valence-electron chi connectivity index (χ1n) is 13.5. The summed E-state index contributed by atoms with van der Waals surface area (Å²) in [6, 6.07) is 18.3. The van der Waals surface area contributed by atoms with E-state index < -0.39 is 5.97 Å². The molecule has 10 nitrogen and oxygen atoms in total. The van der Waals surface area contributed by atoms with E-state index in [4.69, 9.17) is 4.74 Å². The first-order chi connectivity index (χ1) is 20.2. The maximum Gasteiger partial charge on any atom is 0.337 e. The summed E-state index contributed by atoms with van der Waals surface area (Å²) in [4.78, 5) is 41.8. The Kier molecular flexibility index (Phi) is 8.26. The van der Waals surface area contributed by atoms with Crippen LogP contribution in [0.3, 0.4) is 0 Å². The van der Waals surface area contributed by atoms with Crippen molar-refractivity contribution in [3.8, 4) is 0 Å². The quantitative estimate of drug-likeness (QED) is 0.223. The molecular weight excluding hydrogens is 532 g/mol. The number of nitrogens with one attached hydrogen (secondary N) is 2. The second kappa shape index (κ2) is 12.2. The Bertz CT molecular complexity index is 1700. The van der Waals surface area contributed by atoms with Crippen LogP contribution < -0.4 is 15.5 Å². The highest BCUT2D eigenvalue weighted by Gasteiger charge is 2.29. The van der Waals surface area contributed by atoms with Gasteiger partial charge in [0, 0.05) is 41.2 Å². The van der Waals surface area contributed by atoms with Crippen LogP contribution in [-0.4, -0.2) is 67.2 Å². The Morgan fingerprint density at radius 3 is 2.31 bits per heavy atom. The van der Waals surface area contributed by atoms with Crippen molar-refractivity contribution >= 4 is 56.9 Å². The van der Waals surface area contributed by atoms with E-state index in [0.717, 1.165) is 40.7 Å². The molecule has 0 unspecified atom stereocenters. The molecule has 2 N–H and O–H groups in total. The van der Waals surface area contributed by atoms with Crippen LogP contribution in [0.5, 0.6) is 0 Å². The van der Waals surface area contributed by atoms with Gasteiger partial charge in [-0.05, 0) is 75.1 Å². The van der Waals surface area contributed by atoms with Crippen molar-refractivity contribution < 1.29 is 19.1 Å². The van der Waals surface area contributed by atoms with Crippen LogP contribution in [0.15, 0.2) is 73.1 Å². The lowest BCUT2D eigenvalue weighted by atomic mass is 9.98. The zero-order chi connectivity index (χ0) is 29.8. The average Bonchev–Trinajstić information content (AvgIpc) is 3.32. The number of fused-ring (bicyclic) bond motifs is 2. The maximum atomic E-state index is 13.4. The van der Waals surface area contributed by atoms with Crippen LogP contribution in [0.25, 0.3) is 22.0 Å². The molecule has 1 aromatic heterocycles. The van der Waals surface area contributed by atoms with E-state index in [0.29, 0.717) is 34.6 Å². The Morgan fingerprint density at radius 2 is 1.62 bits per heavy atom. The van der Waals surface area contributed by atoms with Crippen LogP contribution >= 0.6 is 0 Å². The summed E-state index contributed by atoms with van der Waals surface area (Å²) in [6.45, 7) is 3.05. The summed E-state index contributed by atoms with van der Waals surface area (Å²) in [5, 5.41) is 16.1. The number of amides is 2. The van der Waals surface area contributed by atoms with E-state index in [-0.39, 0.29) is 11.8 Å². The molecule has 10 heteroatoms. The second-order valence-corrected chi connectivity index (χ2v) is 10.3. The van der Waals surface area contributed by atoms with E-state index in [1.807, 2.05) is 56.6 Å². The number of carbonyl (C=O) groups excluding carboxylic acids is 3. The predicted molar refractivity (Wildman–Crippen MR) is 164 cm³/mol. The molecule has 0 spiro atoms. The van der Waals surface area contributed by atoms with Crippen LogP contribution in [0.4, 0.5) is 17.1 Å². The number of ether oxygens (including phenoxy) is 1. The minimum absolute atomic E-state index is 0.0258. The van der Waals surface area contributed by atoms with Gasteiger partial charge in [-0.1, -0.05) is 18.2 Å². The Labute approximate surface area is 244 Å². The molecule has 42 heavy (non-hydrogen) atoms. The molecule has 214 valence electrons. The van der Waals surface area contributed by atoms with Crippen molar-refractivity contribution in [2.24, 2.45) is 0 Å². The zero-order valence-electron chi connectivity index (χ0n) is 24.0. The van der Waals surface area contributed by atoms with E-state index >= 15 is 0 Å². The molecule has 2 heterocycles. The highest BCUT2D eigenvalue weighted by atomic mass is 16.5. The fourth-order valence-corrected chi connectivity index (χ4v) is 4.98. The number of carbonyl (C=O) groups is 3. The number of methoxy groups -OCH3 is 1. The van der Waals surface area contributed by atoms with Gasteiger partial charge in [-0.15, -0.1) is 0 Å². The largest absolute Gasteiger partial charge is 0.465 e. The highest BCUT2D eigenvalue weighted by molar-refractivity contribution is 6.37. The molecule has 4 aromatic rings. The van der Waals surface area contributed by atoms with Gasteiger partial charge >= 0.3 is 5.97 Å². The Balaban J connectivity index is 1.55. The smallest absolute Gasteiger partial charge is 0.337 e. The lowest BCUT2D eigenvalue weighted by molar-refractivity contribution is -0.116. The number of nitrogens with zero attached hydrogens (tertiary/aromatic N) is 4. The summed E-state index contributed by atoms with van der Waals surface area (Å²) in [5.41, 5.74) is 4.83. The van der Waals surface area contributed by atoms with Gasteiger partial charge in [0.2, 0.25) is 5.91 Å². The summed E-state index contributed by atoms with van der Waals surface area (Å²) in [6.07, 6.45) is 4.21. The number of rotatable bonds is 9. The fourth-order valence-electron chi connectivity index (χ4n) is 4.98. The van der Waals surface area contributed by atoms with Gasteiger partial charge in [0.25, 0.3) is 5.91 Å². The Morgan fingerprint density at radius 1 is 0.905 bits per heavy atom. The summed E-state index contributed by atoms with van der Waals surface area (Å²) in [5.74, 6) is -0.815. The fraction of sp³-hybridized carbons (Fsp3) is 0.219. The third-order valence-electron chi connectivity index (χ3n) is 7.09.